The molecule has 0 bridgehead atoms. The van der Waals surface area contributed by atoms with Crippen molar-refractivity contribution >= 4 is 16.9 Å². The van der Waals surface area contributed by atoms with Crippen LogP contribution in [0.15, 0.2) is 47.7 Å². The predicted molar refractivity (Wildman–Crippen MR) is 78.9 cm³/mol. The van der Waals surface area contributed by atoms with Gasteiger partial charge in [-0.3, -0.25) is 9.59 Å². The number of nitrogens with one attached hydrogen (secondary N) is 2. The van der Waals surface area contributed by atoms with Gasteiger partial charge in [0, 0.05) is 30.9 Å². The van der Waals surface area contributed by atoms with Gasteiger partial charge in [0.15, 0.2) is 0 Å². The second-order valence-corrected chi connectivity index (χ2v) is 4.77. The number of aromatic nitrogens is 3. The van der Waals surface area contributed by atoms with Gasteiger partial charge in [-0.1, -0.05) is 6.07 Å². The number of rotatable bonds is 3. The largest absolute Gasteiger partial charge is 0.348 e. The summed E-state index contributed by atoms with van der Waals surface area (Å²) in [5.41, 5.74) is 2.58. The van der Waals surface area contributed by atoms with Gasteiger partial charge in [0.1, 0.15) is 0 Å². The molecule has 0 aliphatic carbocycles. The highest BCUT2D eigenvalue weighted by molar-refractivity contribution is 5.97. The maximum atomic E-state index is 12.1. The van der Waals surface area contributed by atoms with Crippen LogP contribution >= 0.6 is 0 Å². The van der Waals surface area contributed by atoms with Crippen molar-refractivity contribution in [3.8, 4) is 0 Å². The summed E-state index contributed by atoms with van der Waals surface area (Å²) in [6.07, 6.45) is 3.26. The lowest BCUT2D eigenvalue weighted by Gasteiger charge is -2.06. The smallest absolute Gasteiger partial charge is 0.255 e. The number of pyridine rings is 1. The molecule has 2 N–H and O–H groups in total. The monoisotopic (exact) mass is 282 g/mol. The molecule has 2 heterocycles. The Morgan fingerprint density at radius 1 is 1.38 bits per heavy atom. The van der Waals surface area contributed by atoms with E-state index < -0.39 is 0 Å². The first kappa shape index (κ1) is 13.1. The summed E-state index contributed by atoms with van der Waals surface area (Å²) < 4.78 is 1.48. The zero-order chi connectivity index (χ0) is 14.8. The molecule has 6 heteroatoms. The molecule has 1 amide bonds. The number of carbonyl (C=O) groups is 1. The van der Waals surface area contributed by atoms with Crippen molar-refractivity contribution in [2.24, 2.45) is 7.05 Å². The Balaban J connectivity index is 1.77. The first-order valence-electron chi connectivity index (χ1n) is 6.51. The SMILES string of the molecule is Cn1cccc(CNC(=O)c2ccc3nc[nH]c3c2)c1=O. The number of aryl methyl sites for hydroxylation is 1. The minimum Gasteiger partial charge on any atom is -0.348 e. The van der Waals surface area contributed by atoms with Crippen molar-refractivity contribution < 1.29 is 4.79 Å². The van der Waals surface area contributed by atoms with Crippen LogP contribution in [-0.4, -0.2) is 20.4 Å². The average molecular weight is 282 g/mol. The second-order valence-electron chi connectivity index (χ2n) is 4.77. The molecule has 0 unspecified atom stereocenters. The third-order valence-electron chi connectivity index (χ3n) is 3.32. The fourth-order valence-corrected chi connectivity index (χ4v) is 2.14. The van der Waals surface area contributed by atoms with Crippen molar-refractivity contribution in [2.45, 2.75) is 6.54 Å². The molecule has 2 aromatic heterocycles. The van der Waals surface area contributed by atoms with Crippen molar-refractivity contribution in [2.75, 3.05) is 0 Å². The van der Waals surface area contributed by atoms with Crippen LogP contribution in [-0.2, 0) is 13.6 Å². The highest BCUT2D eigenvalue weighted by Gasteiger charge is 2.08. The normalized spacial score (nSPS) is 10.7. The fraction of sp³-hybridized carbons (Fsp3) is 0.133. The number of hydrogen-bond donors (Lipinski definition) is 2. The Morgan fingerprint density at radius 2 is 2.24 bits per heavy atom. The van der Waals surface area contributed by atoms with Crippen LogP contribution in [0, 0.1) is 0 Å². The summed E-state index contributed by atoms with van der Waals surface area (Å²) in [5.74, 6) is -0.225. The van der Waals surface area contributed by atoms with Gasteiger partial charge in [-0.2, -0.15) is 0 Å². The minimum absolute atomic E-state index is 0.109. The number of imidazole rings is 1. The van der Waals surface area contributed by atoms with Crippen LogP contribution in [0.25, 0.3) is 11.0 Å². The predicted octanol–water partition coefficient (Wildman–Crippen LogP) is 1.19. The standard InChI is InChI=1S/C15H14N4O2/c1-19-6-2-3-11(15(19)21)8-16-14(20)10-4-5-12-13(7-10)18-9-17-12/h2-7,9H,8H2,1H3,(H,16,20)(H,17,18). The van der Waals surface area contributed by atoms with Crippen molar-refractivity contribution in [3.63, 3.8) is 0 Å². The van der Waals surface area contributed by atoms with Crippen molar-refractivity contribution in [3.05, 3.63) is 64.3 Å². The Bertz CT molecular complexity index is 863. The van der Waals surface area contributed by atoms with Crippen LogP contribution in [0.3, 0.4) is 0 Å². The number of amides is 1. The topological polar surface area (TPSA) is 79.8 Å². The van der Waals surface area contributed by atoms with Gasteiger partial charge in [-0.25, -0.2) is 4.98 Å². The molecule has 3 aromatic rings. The summed E-state index contributed by atoms with van der Waals surface area (Å²) >= 11 is 0. The molecule has 3 rings (SSSR count). The van der Waals surface area contributed by atoms with Crippen molar-refractivity contribution in [1.82, 2.24) is 19.9 Å². The summed E-state index contributed by atoms with van der Waals surface area (Å²) in [6, 6.07) is 8.71. The number of carbonyl (C=O) groups excluding carboxylic acids is 1. The molecule has 0 spiro atoms. The number of nitrogens with zero attached hydrogens (tertiary/aromatic N) is 2. The maximum Gasteiger partial charge on any atom is 0.255 e. The molecule has 21 heavy (non-hydrogen) atoms. The Kier molecular flexibility index (Phi) is 3.27. The number of H-pyrrole nitrogens is 1. The van der Waals surface area contributed by atoms with Crippen LogP contribution in [0.5, 0.6) is 0 Å². The fourth-order valence-electron chi connectivity index (χ4n) is 2.14. The Hall–Kier alpha value is -2.89. The van der Waals surface area contributed by atoms with Crippen LogP contribution in [0.2, 0.25) is 0 Å². The zero-order valence-electron chi connectivity index (χ0n) is 11.5. The van der Waals surface area contributed by atoms with E-state index in [9.17, 15) is 9.59 Å². The van der Waals surface area contributed by atoms with E-state index in [4.69, 9.17) is 0 Å². The first-order chi connectivity index (χ1) is 10.1. The molecular formula is C15H14N4O2. The van der Waals surface area contributed by atoms with Crippen LogP contribution < -0.4 is 10.9 Å². The van der Waals surface area contributed by atoms with Gasteiger partial charge < -0.3 is 14.9 Å². The third kappa shape index (κ3) is 2.55. The van der Waals surface area contributed by atoms with Crippen molar-refractivity contribution in [1.29, 1.82) is 0 Å². The molecule has 0 atom stereocenters. The lowest BCUT2D eigenvalue weighted by molar-refractivity contribution is 0.0951. The van der Waals surface area contributed by atoms with E-state index in [2.05, 4.69) is 15.3 Å². The average Bonchev–Trinajstić information content (AvgIpc) is 2.96. The number of hydrogen-bond acceptors (Lipinski definition) is 3. The molecule has 0 saturated carbocycles. The van der Waals surface area contributed by atoms with Gasteiger partial charge in [-0.05, 0) is 24.3 Å². The van der Waals surface area contributed by atoms with E-state index in [1.54, 1.807) is 49.9 Å². The number of fused-ring (bicyclic) bond motifs is 1. The summed E-state index contributed by atoms with van der Waals surface area (Å²) in [5, 5.41) is 2.75. The lowest BCUT2D eigenvalue weighted by atomic mass is 10.2. The van der Waals surface area contributed by atoms with E-state index in [0.717, 1.165) is 11.0 Å². The van der Waals surface area contributed by atoms with E-state index in [1.165, 1.54) is 4.57 Å². The van der Waals surface area contributed by atoms with Gasteiger partial charge in [0.25, 0.3) is 11.5 Å². The lowest BCUT2D eigenvalue weighted by Crippen LogP contribution is -2.28. The van der Waals surface area contributed by atoms with E-state index in [1.807, 2.05) is 0 Å². The molecule has 0 aliphatic rings. The summed E-state index contributed by atoms with van der Waals surface area (Å²) in [4.78, 5) is 31.0. The van der Waals surface area contributed by atoms with Gasteiger partial charge in [0.05, 0.1) is 17.4 Å². The minimum atomic E-state index is -0.225. The zero-order valence-corrected chi connectivity index (χ0v) is 11.5. The quantitative estimate of drug-likeness (QED) is 0.757. The molecule has 0 saturated heterocycles. The first-order valence-corrected chi connectivity index (χ1v) is 6.51. The Morgan fingerprint density at radius 3 is 3.10 bits per heavy atom. The molecule has 0 aliphatic heterocycles. The molecule has 0 radical (unpaired) electrons. The van der Waals surface area contributed by atoms with Gasteiger partial charge in [-0.15, -0.1) is 0 Å². The summed E-state index contributed by atoms with van der Waals surface area (Å²) in [7, 11) is 1.68. The third-order valence-corrected chi connectivity index (χ3v) is 3.32. The van der Waals surface area contributed by atoms with E-state index >= 15 is 0 Å². The number of benzene rings is 1. The second kappa shape index (κ2) is 5.24. The van der Waals surface area contributed by atoms with Crippen LogP contribution in [0.1, 0.15) is 15.9 Å². The van der Waals surface area contributed by atoms with E-state index in [0.29, 0.717) is 11.1 Å². The van der Waals surface area contributed by atoms with Gasteiger partial charge >= 0.3 is 0 Å². The highest BCUT2D eigenvalue weighted by atomic mass is 16.2. The maximum absolute atomic E-state index is 12.1. The molecule has 106 valence electrons. The summed E-state index contributed by atoms with van der Waals surface area (Å²) in [6.45, 7) is 0.202. The molecule has 0 fully saturated rings. The van der Waals surface area contributed by atoms with E-state index in [-0.39, 0.29) is 18.0 Å². The highest BCUT2D eigenvalue weighted by Crippen LogP contribution is 2.11. The number of aromatic amines is 1. The van der Waals surface area contributed by atoms with Crippen LogP contribution in [0.4, 0.5) is 0 Å². The van der Waals surface area contributed by atoms with Gasteiger partial charge in [0.2, 0.25) is 0 Å². The molecular weight excluding hydrogens is 268 g/mol. The molecule has 1 aromatic carbocycles. The molecule has 6 nitrogen and oxygen atoms in total. The Labute approximate surface area is 120 Å².